The zero-order valence-corrected chi connectivity index (χ0v) is 15.4. The number of carbonyl (C=O) groups is 2. The summed E-state index contributed by atoms with van der Waals surface area (Å²) in [5.74, 6) is -1.67. The monoisotopic (exact) mass is 343 g/mol. The Balaban J connectivity index is 2.28. The predicted molar refractivity (Wildman–Crippen MR) is 95.3 cm³/mol. The number of benzene rings is 1. The highest BCUT2D eigenvalue weighted by Gasteiger charge is 2.28. The number of carboxylic acid groups (broad SMARTS) is 1. The van der Waals surface area contributed by atoms with Crippen LogP contribution in [0.3, 0.4) is 0 Å². The second kappa shape index (κ2) is 7.51. The number of aromatic nitrogens is 2. The molecule has 0 aliphatic rings. The number of hydrogen-bond acceptors (Lipinski definition) is 3. The van der Waals surface area contributed by atoms with E-state index in [-0.39, 0.29) is 19.0 Å². The zero-order valence-electron chi connectivity index (χ0n) is 15.4. The third-order valence-corrected chi connectivity index (χ3v) is 4.50. The summed E-state index contributed by atoms with van der Waals surface area (Å²) < 4.78 is 1.75. The highest BCUT2D eigenvalue weighted by atomic mass is 16.4. The topological polar surface area (TPSA) is 75.4 Å². The van der Waals surface area contributed by atoms with Crippen LogP contribution in [0.25, 0.3) is 0 Å². The van der Waals surface area contributed by atoms with Crippen molar-refractivity contribution in [1.82, 2.24) is 14.7 Å². The standard InChI is InChI=1S/C19H25N3O3/c1-12-6-8-16(9-7-12)10-22(11-17(23)24)19(25)13(2)18-14(3)20-21(5)15(18)4/h6-9,13H,10-11H2,1-5H3,(H,23,24)/t13-/m1/s1. The summed E-state index contributed by atoms with van der Waals surface area (Å²) in [6.07, 6.45) is 0. The molecule has 0 unspecified atom stereocenters. The highest BCUT2D eigenvalue weighted by Crippen LogP contribution is 2.25. The lowest BCUT2D eigenvalue weighted by Gasteiger charge is -2.25. The third-order valence-electron chi connectivity index (χ3n) is 4.50. The maximum Gasteiger partial charge on any atom is 0.323 e. The second-order valence-electron chi connectivity index (χ2n) is 6.50. The average Bonchev–Trinajstić information content (AvgIpc) is 2.79. The molecule has 0 spiro atoms. The molecule has 0 fully saturated rings. The Morgan fingerprint density at radius 2 is 1.80 bits per heavy atom. The van der Waals surface area contributed by atoms with E-state index in [9.17, 15) is 14.7 Å². The number of hydrogen-bond donors (Lipinski definition) is 1. The van der Waals surface area contributed by atoms with Gasteiger partial charge in [0.15, 0.2) is 0 Å². The summed E-state index contributed by atoms with van der Waals surface area (Å²) >= 11 is 0. The van der Waals surface area contributed by atoms with Crippen LogP contribution >= 0.6 is 0 Å². The Morgan fingerprint density at radius 1 is 1.20 bits per heavy atom. The molecule has 0 bridgehead atoms. The van der Waals surface area contributed by atoms with Crippen LogP contribution in [0.5, 0.6) is 0 Å². The number of amides is 1. The lowest BCUT2D eigenvalue weighted by molar-refractivity contribution is -0.145. The van der Waals surface area contributed by atoms with E-state index in [1.165, 1.54) is 4.90 Å². The van der Waals surface area contributed by atoms with Crippen LogP contribution in [0.15, 0.2) is 24.3 Å². The molecule has 0 saturated heterocycles. The van der Waals surface area contributed by atoms with Crippen molar-refractivity contribution in [2.24, 2.45) is 7.05 Å². The molecule has 1 N–H and O–H groups in total. The van der Waals surface area contributed by atoms with E-state index in [0.717, 1.165) is 28.1 Å². The minimum absolute atomic E-state index is 0.206. The van der Waals surface area contributed by atoms with Gasteiger partial charge >= 0.3 is 5.97 Å². The molecule has 134 valence electrons. The molecule has 0 aliphatic heterocycles. The average molecular weight is 343 g/mol. The number of carbonyl (C=O) groups excluding carboxylic acids is 1. The van der Waals surface area contributed by atoms with E-state index in [4.69, 9.17) is 0 Å². The van der Waals surface area contributed by atoms with Gasteiger partial charge in [0.1, 0.15) is 6.54 Å². The van der Waals surface area contributed by atoms with E-state index in [0.29, 0.717) is 0 Å². The van der Waals surface area contributed by atoms with Crippen molar-refractivity contribution in [2.45, 2.75) is 40.2 Å². The quantitative estimate of drug-likeness (QED) is 0.875. The Bertz CT molecular complexity index is 778. The van der Waals surface area contributed by atoms with Gasteiger partial charge in [0, 0.05) is 24.8 Å². The molecule has 0 saturated carbocycles. The van der Waals surface area contributed by atoms with Crippen LogP contribution in [-0.4, -0.2) is 38.2 Å². The molecule has 1 atom stereocenters. The van der Waals surface area contributed by atoms with Gasteiger partial charge in [-0.2, -0.15) is 5.10 Å². The van der Waals surface area contributed by atoms with E-state index in [1.807, 2.05) is 59.0 Å². The van der Waals surface area contributed by atoms with Crippen molar-refractivity contribution >= 4 is 11.9 Å². The first-order valence-electron chi connectivity index (χ1n) is 8.27. The summed E-state index contributed by atoms with van der Waals surface area (Å²) in [5, 5.41) is 13.6. The summed E-state index contributed by atoms with van der Waals surface area (Å²) in [7, 11) is 1.84. The summed E-state index contributed by atoms with van der Waals surface area (Å²) in [6.45, 7) is 7.53. The summed E-state index contributed by atoms with van der Waals surface area (Å²) in [5.41, 5.74) is 4.61. The Morgan fingerprint density at radius 3 is 2.28 bits per heavy atom. The number of carboxylic acids is 1. The SMILES string of the molecule is Cc1ccc(CN(CC(=O)O)C(=O)[C@H](C)c2c(C)nn(C)c2C)cc1. The summed E-state index contributed by atoms with van der Waals surface area (Å²) in [6, 6.07) is 7.75. The molecule has 2 rings (SSSR count). The predicted octanol–water partition coefficient (Wildman–Crippen LogP) is 2.56. The van der Waals surface area contributed by atoms with E-state index < -0.39 is 11.9 Å². The van der Waals surface area contributed by atoms with Gasteiger partial charge in [-0.05, 0) is 33.3 Å². The Kier molecular flexibility index (Phi) is 5.62. The van der Waals surface area contributed by atoms with Crippen LogP contribution in [-0.2, 0) is 23.2 Å². The molecule has 25 heavy (non-hydrogen) atoms. The maximum atomic E-state index is 13.0. The van der Waals surface area contributed by atoms with Gasteiger partial charge in [-0.3, -0.25) is 14.3 Å². The van der Waals surface area contributed by atoms with Gasteiger partial charge < -0.3 is 10.0 Å². The lowest BCUT2D eigenvalue weighted by Crippen LogP contribution is -2.38. The van der Waals surface area contributed by atoms with Crippen molar-refractivity contribution in [3.05, 3.63) is 52.3 Å². The van der Waals surface area contributed by atoms with Crippen molar-refractivity contribution in [3.63, 3.8) is 0 Å². The fraction of sp³-hybridized carbons (Fsp3) is 0.421. The molecule has 0 radical (unpaired) electrons. The Hall–Kier alpha value is -2.63. The minimum Gasteiger partial charge on any atom is -0.480 e. The lowest BCUT2D eigenvalue weighted by atomic mass is 9.97. The van der Waals surface area contributed by atoms with Crippen LogP contribution < -0.4 is 0 Å². The highest BCUT2D eigenvalue weighted by molar-refractivity contribution is 5.86. The van der Waals surface area contributed by atoms with Crippen LogP contribution in [0, 0.1) is 20.8 Å². The molecule has 6 heteroatoms. The number of aryl methyl sites for hydroxylation is 3. The number of rotatable bonds is 6. The largest absolute Gasteiger partial charge is 0.480 e. The van der Waals surface area contributed by atoms with Gasteiger partial charge in [0.05, 0.1) is 11.6 Å². The first-order chi connectivity index (χ1) is 11.7. The van der Waals surface area contributed by atoms with Gasteiger partial charge in [-0.15, -0.1) is 0 Å². The maximum absolute atomic E-state index is 13.0. The molecular formula is C19H25N3O3. The van der Waals surface area contributed by atoms with Crippen molar-refractivity contribution < 1.29 is 14.7 Å². The Labute approximate surface area is 148 Å². The van der Waals surface area contributed by atoms with E-state index in [1.54, 1.807) is 4.68 Å². The van der Waals surface area contributed by atoms with Crippen LogP contribution in [0.2, 0.25) is 0 Å². The van der Waals surface area contributed by atoms with Crippen LogP contribution in [0.1, 0.15) is 40.9 Å². The van der Waals surface area contributed by atoms with E-state index >= 15 is 0 Å². The second-order valence-corrected chi connectivity index (χ2v) is 6.50. The minimum atomic E-state index is -1.02. The van der Waals surface area contributed by atoms with Crippen LogP contribution in [0.4, 0.5) is 0 Å². The van der Waals surface area contributed by atoms with E-state index in [2.05, 4.69) is 5.10 Å². The summed E-state index contributed by atoms with van der Waals surface area (Å²) in [4.78, 5) is 25.6. The normalized spacial score (nSPS) is 12.0. The third kappa shape index (κ3) is 4.26. The molecule has 2 aromatic rings. The molecule has 0 aliphatic carbocycles. The smallest absolute Gasteiger partial charge is 0.323 e. The van der Waals surface area contributed by atoms with Gasteiger partial charge in [-0.25, -0.2) is 0 Å². The van der Waals surface area contributed by atoms with Gasteiger partial charge in [0.25, 0.3) is 0 Å². The van der Waals surface area contributed by atoms with Gasteiger partial charge in [-0.1, -0.05) is 29.8 Å². The molecular weight excluding hydrogens is 318 g/mol. The molecule has 1 aromatic heterocycles. The first kappa shape index (κ1) is 18.7. The number of nitrogens with zero attached hydrogens (tertiary/aromatic N) is 3. The zero-order chi connectivity index (χ0) is 18.7. The van der Waals surface area contributed by atoms with Crippen molar-refractivity contribution in [1.29, 1.82) is 0 Å². The fourth-order valence-corrected chi connectivity index (χ4v) is 3.10. The molecule has 6 nitrogen and oxygen atoms in total. The molecule has 1 aromatic carbocycles. The molecule has 1 heterocycles. The van der Waals surface area contributed by atoms with Gasteiger partial charge in [0.2, 0.25) is 5.91 Å². The molecule has 1 amide bonds. The van der Waals surface area contributed by atoms with Crippen molar-refractivity contribution in [3.8, 4) is 0 Å². The first-order valence-corrected chi connectivity index (χ1v) is 8.27. The van der Waals surface area contributed by atoms with Crippen molar-refractivity contribution in [2.75, 3.05) is 6.54 Å². The number of aliphatic carboxylic acids is 1. The fourth-order valence-electron chi connectivity index (χ4n) is 3.10.